The van der Waals surface area contributed by atoms with Gasteiger partial charge in [-0.05, 0) is 39.2 Å². The van der Waals surface area contributed by atoms with Crippen molar-refractivity contribution in [1.82, 2.24) is 25.3 Å². The fraction of sp³-hybridized carbons (Fsp3) is 0.706. The molecular weight excluding hydrogens is 306 g/mol. The van der Waals surface area contributed by atoms with Crippen LogP contribution in [0.4, 0.5) is 0 Å². The number of aryl methyl sites for hydroxylation is 1. The van der Waals surface area contributed by atoms with Crippen LogP contribution in [-0.2, 0) is 9.59 Å². The van der Waals surface area contributed by atoms with E-state index in [0.717, 1.165) is 24.9 Å². The summed E-state index contributed by atoms with van der Waals surface area (Å²) in [4.78, 5) is 25.4. The first-order chi connectivity index (χ1) is 11.4. The van der Waals surface area contributed by atoms with E-state index in [4.69, 9.17) is 0 Å². The molecule has 0 saturated carbocycles. The van der Waals surface area contributed by atoms with Crippen LogP contribution >= 0.6 is 0 Å². The van der Waals surface area contributed by atoms with Crippen molar-refractivity contribution < 1.29 is 9.59 Å². The van der Waals surface area contributed by atoms with Gasteiger partial charge in [0.2, 0.25) is 11.8 Å². The Kier molecular flexibility index (Phi) is 6.36. The molecule has 24 heavy (non-hydrogen) atoms. The lowest BCUT2D eigenvalue weighted by atomic mass is 10.1. The maximum atomic E-state index is 12.4. The van der Waals surface area contributed by atoms with E-state index in [-0.39, 0.29) is 29.9 Å². The van der Waals surface area contributed by atoms with Crippen molar-refractivity contribution in [3.05, 3.63) is 18.0 Å². The normalized spacial score (nSPS) is 20.5. The number of hydrogen-bond acceptors (Lipinski definition) is 4. The summed E-state index contributed by atoms with van der Waals surface area (Å²) in [7, 11) is 0. The summed E-state index contributed by atoms with van der Waals surface area (Å²) in [6.45, 7) is 9.34. The molecule has 1 aromatic heterocycles. The van der Waals surface area contributed by atoms with Crippen molar-refractivity contribution in [2.24, 2.45) is 0 Å². The largest absolute Gasteiger partial charge is 0.352 e. The van der Waals surface area contributed by atoms with E-state index in [2.05, 4.69) is 29.6 Å². The third-order valence-electron chi connectivity index (χ3n) is 4.63. The number of carbonyl (C=O) groups is 2. The monoisotopic (exact) mass is 335 g/mol. The predicted molar refractivity (Wildman–Crippen MR) is 92.6 cm³/mol. The Hall–Kier alpha value is -1.89. The van der Waals surface area contributed by atoms with Crippen LogP contribution in [0.15, 0.2) is 12.4 Å². The summed E-state index contributed by atoms with van der Waals surface area (Å²) in [5.41, 5.74) is 1.13. The van der Waals surface area contributed by atoms with Gasteiger partial charge in [-0.1, -0.05) is 0 Å². The molecule has 7 nitrogen and oxygen atoms in total. The highest BCUT2D eigenvalue weighted by molar-refractivity contribution is 5.78. The molecule has 3 atom stereocenters. The zero-order valence-corrected chi connectivity index (χ0v) is 15.1. The number of likely N-dealkylation sites (tertiary alicyclic amines) is 1. The molecule has 2 amide bonds. The van der Waals surface area contributed by atoms with Crippen molar-refractivity contribution in [3.63, 3.8) is 0 Å². The minimum atomic E-state index is -0.0376. The van der Waals surface area contributed by atoms with E-state index in [1.54, 1.807) is 0 Å². The molecule has 0 radical (unpaired) electrons. The molecule has 0 bridgehead atoms. The first-order valence-electron chi connectivity index (χ1n) is 8.66. The number of rotatable bonds is 6. The SMILES string of the molecule is CC(=O)NC1CCCN(C(=O)CNC(C)C(C)n2cc(C)cn2)C1. The Balaban J connectivity index is 1.80. The number of nitrogens with one attached hydrogen (secondary N) is 2. The van der Waals surface area contributed by atoms with E-state index in [1.165, 1.54) is 6.92 Å². The number of aromatic nitrogens is 2. The minimum Gasteiger partial charge on any atom is -0.352 e. The Morgan fingerprint density at radius 1 is 1.42 bits per heavy atom. The quantitative estimate of drug-likeness (QED) is 0.808. The molecule has 0 aliphatic carbocycles. The topological polar surface area (TPSA) is 79.3 Å². The molecule has 134 valence electrons. The van der Waals surface area contributed by atoms with Gasteiger partial charge >= 0.3 is 0 Å². The van der Waals surface area contributed by atoms with Gasteiger partial charge in [0.15, 0.2) is 0 Å². The lowest BCUT2D eigenvalue weighted by molar-refractivity contribution is -0.132. The fourth-order valence-electron chi connectivity index (χ4n) is 3.02. The molecule has 0 aromatic carbocycles. The highest BCUT2D eigenvalue weighted by atomic mass is 16.2. The second-order valence-corrected chi connectivity index (χ2v) is 6.79. The average molecular weight is 335 g/mol. The van der Waals surface area contributed by atoms with E-state index < -0.39 is 0 Å². The van der Waals surface area contributed by atoms with Gasteiger partial charge in [0.25, 0.3) is 0 Å². The number of carbonyl (C=O) groups excluding carboxylic acids is 2. The van der Waals surface area contributed by atoms with Gasteiger partial charge in [-0.2, -0.15) is 5.10 Å². The third kappa shape index (κ3) is 5.06. The molecule has 2 N–H and O–H groups in total. The van der Waals surface area contributed by atoms with Crippen molar-refractivity contribution in [2.45, 2.75) is 58.7 Å². The van der Waals surface area contributed by atoms with Gasteiger partial charge in [-0.3, -0.25) is 14.3 Å². The van der Waals surface area contributed by atoms with Crippen LogP contribution in [0.5, 0.6) is 0 Å². The van der Waals surface area contributed by atoms with Gasteiger partial charge in [-0.15, -0.1) is 0 Å². The van der Waals surface area contributed by atoms with Gasteiger partial charge < -0.3 is 15.5 Å². The van der Waals surface area contributed by atoms with Gasteiger partial charge in [0, 0.05) is 38.3 Å². The molecule has 1 saturated heterocycles. The predicted octanol–water partition coefficient (Wildman–Crippen LogP) is 0.858. The number of hydrogen-bond donors (Lipinski definition) is 2. The van der Waals surface area contributed by atoms with Crippen LogP contribution in [0, 0.1) is 6.92 Å². The average Bonchev–Trinajstić information content (AvgIpc) is 2.97. The van der Waals surface area contributed by atoms with Crippen LogP contribution in [-0.4, -0.2) is 58.2 Å². The zero-order chi connectivity index (χ0) is 17.7. The van der Waals surface area contributed by atoms with Crippen LogP contribution in [0.3, 0.4) is 0 Å². The van der Waals surface area contributed by atoms with Crippen molar-refractivity contribution >= 4 is 11.8 Å². The molecule has 1 fully saturated rings. The second-order valence-electron chi connectivity index (χ2n) is 6.79. The summed E-state index contributed by atoms with van der Waals surface area (Å²) in [5, 5.41) is 10.5. The molecular formula is C17H29N5O2. The molecule has 1 aliphatic heterocycles. The molecule has 2 rings (SSSR count). The lowest BCUT2D eigenvalue weighted by Crippen LogP contribution is -2.51. The van der Waals surface area contributed by atoms with Crippen molar-refractivity contribution in [3.8, 4) is 0 Å². The molecule has 1 aromatic rings. The summed E-state index contributed by atoms with van der Waals surface area (Å²) in [6, 6.07) is 0.368. The summed E-state index contributed by atoms with van der Waals surface area (Å²) < 4.78 is 1.92. The van der Waals surface area contributed by atoms with Crippen LogP contribution < -0.4 is 10.6 Å². The molecule has 7 heteroatoms. The number of piperidine rings is 1. The number of amides is 2. The third-order valence-corrected chi connectivity index (χ3v) is 4.63. The van der Waals surface area contributed by atoms with E-state index in [9.17, 15) is 9.59 Å². The fourth-order valence-corrected chi connectivity index (χ4v) is 3.02. The van der Waals surface area contributed by atoms with E-state index >= 15 is 0 Å². The minimum absolute atomic E-state index is 0.0376. The Morgan fingerprint density at radius 2 is 2.17 bits per heavy atom. The number of nitrogens with zero attached hydrogens (tertiary/aromatic N) is 3. The first kappa shape index (κ1) is 18.4. The van der Waals surface area contributed by atoms with Crippen LogP contribution in [0.2, 0.25) is 0 Å². The lowest BCUT2D eigenvalue weighted by Gasteiger charge is -2.33. The van der Waals surface area contributed by atoms with Gasteiger partial charge in [-0.25, -0.2) is 0 Å². The Labute approximate surface area is 143 Å². The summed E-state index contributed by atoms with van der Waals surface area (Å²) in [6.07, 6.45) is 5.70. The van der Waals surface area contributed by atoms with Gasteiger partial charge in [0.1, 0.15) is 0 Å². The standard InChI is InChI=1S/C17H29N5O2/c1-12-8-19-22(10-12)14(3)13(2)18-9-17(24)21-7-5-6-16(11-21)20-15(4)23/h8,10,13-14,16,18H,5-7,9,11H2,1-4H3,(H,20,23). The smallest absolute Gasteiger partial charge is 0.236 e. The maximum Gasteiger partial charge on any atom is 0.236 e. The summed E-state index contributed by atoms with van der Waals surface area (Å²) >= 11 is 0. The van der Waals surface area contributed by atoms with Gasteiger partial charge in [0.05, 0.1) is 18.8 Å². The van der Waals surface area contributed by atoms with E-state index in [1.807, 2.05) is 28.9 Å². The van der Waals surface area contributed by atoms with Crippen molar-refractivity contribution in [2.75, 3.05) is 19.6 Å². The summed E-state index contributed by atoms with van der Waals surface area (Å²) in [5.74, 6) is 0.0464. The Morgan fingerprint density at radius 3 is 2.79 bits per heavy atom. The molecule has 2 heterocycles. The zero-order valence-electron chi connectivity index (χ0n) is 15.1. The van der Waals surface area contributed by atoms with E-state index in [0.29, 0.717) is 13.1 Å². The molecule has 3 unspecified atom stereocenters. The second kappa shape index (κ2) is 8.28. The highest BCUT2D eigenvalue weighted by Gasteiger charge is 2.24. The van der Waals surface area contributed by atoms with Crippen LogP contribution in [0.25, 0.3) is 0 Å². The van der Waals surface area contributed by atoms with Crippen LogP contribution in [0.1, 0.15) is 45.2 Å². The molecule has 1 aliphatic rings. The Bertz CT molecular complexity index is 571. The highest BCUT2D eigenvalue weighted by Crippen LogP contribution is 2.12. The maximum absolute atomic E-state index is 12.4. The molecule has 0 spiro atoms. The first-order valence-corrected chi connectivity index (χ1v) is 8.66. The van der Waals surface area contributed by atoms with Crippen molar-refractivity contribution in [1.29, 1.82) is 0 Å².